The van der Waals surface area contributed by atoms with Crippen molar-refractivity contribution in [3.8, 4) is 0 Å². The van der Waals surface area contributed by atoms with Gasteiger partial charge in [-0.15, -0.1) is 0 Å². The van der Waals surface area contributed by atoms with E-state index >= 15 is 0 Å². The first-order chi connectivity index (χ1) is 9.03. The number of rotatable bonds is 4. The smallest absolute Gasteiger partial charge is 0.0158 e. The fraction of sp³-hybridized carbons (Fsp3) is 0.667. The Morgan fingerprint density at radius 1 is 1.05 bits per heavy atom. The van der Waals surface area contributed by atoms with Crippen LogP contribution in [0.25, 0.3) is 0 Å². The second-order valence-electron chi connectivity index (χ2n) is 6.76. The molecule has 0 bridgehead atoms. The van der Waals surface area contributed by atoms with Crippen molar-refractivity contribution < 1.29 is 0 Å². The number of hydrogen-bond acceptors (Lipinski definition) is 1. The van der Waals surface area contributed by atoms with Gasteiger partial charge >= 0.3 is 0 Å². The maximum absolute atomic E-state index is 3.60. The van der Waals surface area contributed by atoms with Crippen LogP contribution in [0, 0.1) is 19.3 Å². The van der Waals surface area contributed by atoms with Crippen LogP contribution in [0.2, 0.25) is 0 Å². The number of aryl methyl sites for hydroxylation is 2. The van der Waals surface area contributed by atoms with Gasteiger partial charge in [0.2, 0.25) is 0 Å². The van der Waals surface area contributed by atoms with E-state index in [2.05, 4.69) is 51.3 Å². The van der Waals surface area contributed by atoms with Crippen LogP contribution in [0.4, 0.5) is 0 Å². The third kappa shape index (κ3) is 3.60. The number of hydrogen-bond donors (Lipinski definition) is 1. The molecular weight excluding hydrogens is 230 g/mol. The molecule has 1 saturated carbocycles. The molecule has 0 saturated heterocycles. The highest BCUT2D eigenvalue weighted by Crippen LogP contribution is 2.39. The Labute approximate surface area is 118 Å². The normalized spacial score (nSPS) is 20.2. The van der Waals surface area contributed by atoms with Crippen molar-refractivity contribution in [2.24, 2.45) is 5.41 Å². The molecule has 2 rings (SSSR count). The van der Waals surface area contributed by atoms with Crippen molar-refractivity contribution >= 4 is 0 Å². The lowest BCUT2D eigenvalue weighted by Crippen LogP contribution is -2.44. The van der Waals surface area contributed by atoms with Crippen LogP contribution in [0.3, 0.4) is 0 Å². The van der Waals surface area contributed by atoms with Crippen LogP contribution >= 0.6 is 0 Å². The van der Waals surface area contributed by atoms with Crippen LogP contribution in [-0.2, 0) is 6.42 Å². The topological polar surface area (TPSA) is 12.0 Å². The van der Waals surface area contributed by atoms with Crippen molar-refractivity contribution in [3.05, 3.63) is 34.9 Å². The average molecular weight is 259 g/mol. The average Bonchev–Trinajstić information content (AvgIpc) is 2.35. The molecule has 1 fully saturated rings. The second kappa shape index (κ2) is 6.09. The number of nitrogens with one attached hydrogen (secondary N) is 1. The molecule has 1 aromatic rings. The van der Waals surface area contributed by atoms with Crippen LogP contribution in [-0.4, -0.2) is 13.1 Å². The van der Waals surface area contributed by atoms with E-state index in [-0.39, 0.29) is 0 Å². The molecule has 1 N–H and O–H groups in total. The lowest BCUT2D eigenvalue weighted by atomic mass is 9.69. The molecule has 106 valence electrons. The van der Waals surface area contributed by atoms with E-state index in [1.54, 1.807) is 0 Å². The largest absolute Gasteiger partial charge is 0.316 e. The molecule has 0 spiro atoms. The summed E-state index contributed by atoms with van der Waals surface area (Å²) in [6, 6.07) is 7.57. The fourth-order valence-corrected chi connectivity index (χ4v) is 3.83. The lowest BCUT2D eigenvalue weighted by Gasteiger charge is -2.41. The molecule has 0 amide bonds. The highest BCUT2D eigenvalue weighted by Gasteiger charge is 2.34. The van der Waals surface area contributed by atoms with Crippen molar-refractivity contribution in [1.29, 1.82) is 0 Å². The fourth-order valence-electron chi connectivity index (χ4n) is 3.83. The third-order valence-corrected chi connectivity index (χ3v) is 4.91. The Bertz CT molecular complexity index is 395. The molecule has 0 heterocycles. The minimum absolute atomic E-state index is 0.477. The Hall–Kier alpha value is -0.820. The molecule has 0 radical (unpaired) electrons. The lowest BCUT2D eigenvalue weighted by molar-refractivity contribution is 0.149. The van der Waals surface area contributed by atoms with Gasteiger partial charge in [0.05, 0.1) is 0 Å². The Kier molecular flexibility index (Phi) is 4.67. The summed E-state index contributed by atoms with van der Waals surface area (Å²) in [5.41, 5.74) is 4.74. The van der Waals surface area contributed by atoms with Gasteiger partial charge in [0.15, 0.2) is 0 Å². The van der Waals surface area contributed by atoms with Crippen LogP contribution in [0.1, 0.15) is 55.7 Å². The first-order valence-electron chi connectivity index (χ1n) is 7.78. The summed E-state index contributed by atoms with van der Waals surface area (Å²) < 4.78 is 0. The summed E-state index contributed by atoms with van der Waals surface area (Å²) >= 11 is 0. The first-order valence-corrected chi connectivity index (χ1v) is 7.78. The minimum atomic E-state index is 0.477. The van der Waals surface area contributed by atoms with E-state index in [1.165, 1.54) is 48.8 Å². The zero-order valence-electron chi connectivity index (χ0n) is 13.1. The standard InChI is InChI=1S/C18H29N/c1-14-10-15(2)12-16(11-14)13-17(19-4)18(3)8-6-5-7-9-18/h10-12,17,19H,5-9,13H2,1-4H3. The summed E-state index contributed by atoms with van der Waals surface area (Å²) in [4.78, 5) is 0. The van der Waals surface area contributed by atoms with E-state index in [0.29, 0.717) is 11.5 Å². The predicted octanol–water partition coefficient (Wildman–Crippen LogP) is 4.40. The molecule has 1 unspecified atom stereocenters. The van der Waals surface area contributed by atoms with Gasteiger partial charge in [-0.25, -0.2) is 0 Å². The maximum Gasteiger partial charge on any atom is 0.0158 e. The third-order valence-electron chi connectivity index (χ3n) is 4.91. The SMILES string of the molecule is CNC(Cc1cc(C)cc(C)c1)C1(C)CCCCC1. The predicted molar refractivity (Wildman–Crippen MR) is 83.7 cm³/mol. The summed E-state index contributed by atoms with van der Waals surface area (Å²) in [5.74, 6) is 0. The molecule has 1 nitrogen and oxygen atoms in total. The van der Waals surface area contributed by atoms with Gasteiger partial charge in [0, 0.05) is 6.04 Å². The van der Waals surface area contributed by atoms with Crippen LogP contribution in [0.5, 0.6) is 0 Å². The number of benzene rings is 1. The highest BCUT2D eigenvalue weighted by atomic mass is 14.9. The zero-order chi connectivity index (χ0) is 13.9. The monoisotopic (exact) mass is 259 g/mol. The van der Waals surface area contributed by atoms with Gasteiger partial charge in [-0.05, 0) is 51.1 Å². The minimum Gasteiger partial charge on any atom is -0.316 e. The molecule has 0 aromatic heterocycles. The zero-order valence-corrected chi connectivity index (χ0v) is 13.1. The quantitative estimate of drug-likeness (QED) is 0.845. The van der Waals surface area contributed by atoms with Gasteiger partial charge in [-0.3, -0.25) is 0 Å². The van der Waals surface area contributed by atoms with Gasteiger partial charge < -0.3 is 5.32 Å². The Balaban J connectivity index is 2.13. The first kappa shape index (κ1) is 14.6. The molecule has 1 aromatic carbocycles. The maximum atomic E-state index is 3.60. The Morgan fingerprint density at radius 2 is 1.63 bits per heavy atom. The summed E-state index contributed by atoms with van der Waals surface area (Å²) in [7, 11) is 2.13. The summed E-state index contributed by atoms with van der Waals surface area (Å²) in [6.07, 6.45) is 8.15. The van der Waals surface area contributed by atoms with E-state index in [0.717, 1.165) is 6.42 Å². The number of likely N-dealkylation sites (N-methyl/N-ethyl adjacent to an activating group) is 1. The van der Waals surface area contributed by atoms with E-state index < -0.39 is 0 Å². The van der Waals surface area contributed by atoms with Crippen LogP contribution < -0.4 is 5.32 Å². The van der Waals surface area contributed by atoms with Crippen molar-refractivity contribution in [1.82, 2.24) is 5.32 Å². The molecule has 1 atom stereocenters. The molecule has 1 aliphatic rings. The van der Waals surface area contributed by atoms with E-state index in [4.69, 9.17) is 0 Å². The summed E-state index contributed by atoms with van der Waals surface area (Å²) in [6.45, 7) is 6.89. The van der Waals surface area contributed by atoms with Gasteiger partial charge in [-0.1, -0.05) is 55.5 Å². The van der Waals surface area contributed by atoms with Crippen LogP contribution in [0.15, 0.2) is 18.2 Å². The second-order valence-corrected chi connectivity index (χ2v) is 6.76. The van der Waals surface area contributed by atoms with E-state index in [9.17, 15) is 0 Å². The molecule has 19 heavy (non-hydrogen) atoms. The van der Waals surface area contributed by atoms with Crippen molar-refractivity contribution in [3.63, 3.8) is 0 Å². The molecule has 0 aliphatic heterocycles. The van der Waals surface area contributed by atoms with Gasteiger partial charge in [0.25, 0.3) is 0 Å². The molecule has 1 heteroatoms. The highest BCUT2D eigenvalue weighted by molar-refractivity contribution is 5.29. The molecule has 1 aliphatic carbocycles. The summed E-state index contributed by atoms with van der Waals surface area (Å²) in [5, 5.41) is 3.60. The van der Waals surface area contributed by atoms with Crippen molar-refractivity contribution in [2.45, 2.75) is 65.3 Å². The van der Waals surface area contributed by atoms with Gasteiger partial charge in [-0.2, -0.15) is 0 Å². The molecular formula is C18H29N. The van der Waals surface area contributed by atoms with Crippen molar-refractivity contribution in [2.75, 3.05) is 7.05 Å². The Morgan fingerprint density at radius 3 is 2.16 bits per heavy atom. The van der Waals surface area contributed by atoms with E-state index in [1.807, 2.05) is 0 Å². The van der Waals surface area contributed by atoms with Gasteiger partial charge in [0.1, 0.15) is 0 Å².